The number of carbonyl (C=O) groups excluding carboxylic acids is 1. The highest BCUT2D eigenvalue weighted by Crippen LogP contribution is 2.22. The fourth-order valence-corrected chi connectivity index (χ4v) is 2.60. The molecule has 7 heteroatoms. The maximum atomic E-state index is 11.9. The van der Waals surface area contributed by atoms with Gasteiger partial charge in [0.25, 0.3) is 11.6 Å². The van der Waals surface area contributed by atoms with Gasteiger partial charge >= 0.3 is 0 Å². The Bertz CT molecular complexity index is 530. The third kappa shape index (κ3) is 4.41. The van der Waals surface area contributed by atoms with Crippen molar-refractivity contribution in [1.82, 2.24) is 5.32 Å². The zero-order valence-corrected chi connectivity index (χ0v) is 12.3. The molecular weight excluding hydrogens is 296 g/mol. The van der Waals surface area contributed by atoms with Crippen LogP contribution in [0.3, 0.4) is 0 Å². The first-order chi connectivity index (χ1) is 10.1. The van der Waals surface area contributed by atoms with E-state index in [9.17, 15) is 14.9 Å². The summed E-state index contributed by atoms with van der Waals surface area (Å²) in [5.41, 5.74) is 0.0873. The van der Waals surface area contributed by atoms with Gasteiger partial charge in [-0.3, -0.25) is 14.9 Å². The van der Waals surface area contributed by atoms with Crippen molar-refractivity contribution >= 4 is 23.2 Å². The average Bonchev–Trinajstić information content (AvgIpc) is 2.96. The average molecular weight is 313 g/mol. The van der Waals surface area contributed by atoms with Crippen LogP contribution in [0.25, 0.3) is 0 Å². The molecule has 1 N–H and O–H groups in total. The predicted octanol–water partition coefficient (Wildman–Crippen LogP) is 2.94. The van der Waals surface area contributed by atoms with Crippen molar-refractivity contribution in [2.45, 2.75) is 31.8 Å². The maximum absolute atomic E-state index is 11.9. The Labute approximate surface area is 127 Å². The van der Waals surface area contributed by atoms with E-state index in [4.69, 9.17) is 16.3 Å². The van der Waals surface area contributed by atoms with Crippen LogP contribution in [0.1, 0.15) is 36.0 Å². The molecule has 0 heterocycles. The lowest BCUT2D eigenvalue weighted by atomic mass is 10.2. The van der Waals surface area contributed by atoms with Crippen molar-refractivity contribution in [3.8, 4) is 0 Å². The number of hydrogen-bond donors (Lipinski definition) is 1. The largest absolute Gasteiger partial charge is 0.376 e. The Morgan fingerprint density at radius 2 is 2.14 bits per heavy atom. The quantitative estimate of drug-likeness (QED) is 0.497. The molecule has 0 spiro atoms. The van der Waals surface area contributed by atoms with Crippen LogP contribution in [0, 0.1) is 10.1 Å². The van der Waals surface area contributed by atoms with E-state index in [-0.39, 0.29) is 22.2 Å². The van der Waals surface area contributed by atoms with Gasteiger partial charge in [-0.25, -0.2) is 0 Å². The molecule has 6 nitrogen and oxygen atoms in total. The Balaban J connectivity index is 1.81. The van der Waals surface area contributed by atoms with Gasteiger partial charge in [0.2, 0.25) is 0 Å². The molecule has 1 aromatic rings. The van der Waals surface area contributed by atoms with Gasteiger partial charge in [0.15, 0.2) is 0 Å². The second-order valence-electron chi connectivity index (χ2n) is 4.95. The topological polar surface area (TPSA) is 81.5 Å². The van der Waals surface area contributed by atoms with Crippen molar-refractivity contribution in [3.05, 3.63) is 38.9 Å². The summed E-state index contributed by atoms with van der Waals surface area (Å²) in [5, 5.41) is 13.4. The minimum Gasteiger partial charge on any atom is -0.376 e. The molecule has 21 heavy (non-hydrogen) atoms. The van der Waals surface area contributed by atoms with Gasteiger partial charge in [0.1, 0.15) is 0 Å². The van der Waals surface area contributed by atoms with E-state index in [2.05, 4.69) is 5.32 Å². The third-order valence-corrected chi connectivity index (χ3v) is 3.76. The van der Waals surface area contributed by atoms with Crippen molar-refractivity contribution in [2.75, 3.05) is 13.2 Å². The number of nitrogens with one attached hydrogen (secondary N) is 1. The molecule has 1 amide bonds. The minimum absolute atomic E-state index is 0.0680. The van der Waals surface area contributed by atoms with Crippen molar-refractivity contribution in [2.24, 2.45) is 0 Å². The van der Waals surface area contributed by atoms with Gasteiger partial charge in [0, 0.05) is 18.7 Å². The van der Waals surface area contributed by atoms with E-state index in [1.165, 1.54) is 31.0 Å². The van der Waals surface area contributed by atoms with E-state index < -0.39 is 4.92 Å². The highest BCUT2D eigenvalue weighted by atomic mass is 35.5. The number of benzene rings is 1. The molecule has 0 aromatic heterocycles. The van der Waals surface area contributed by atoms with Crippen LogP contribution in [0.4, 0.5) is 5.69 Å². The molecule has 1 aliphatic rings. The summed E-state index contributed by atoms with van der Waals surface area (Å²) in [6.45, 7) is 0.851. The lowest BCUT2D eigenvalue weighted by Crippen LogP contribution is -2.28. The molecule has 1 aliphatic carbocycles. The Hall–Kier alpha value is -1.66. The minimum atomic E-state index is -0.553. The summed E-state index contributed by atoms with van der Waals surface area (Å²) in [6, 6.07) is 3.79. The summed E-state index contributed by atoms with van der Waals surface area (Å²) in [7, 11) is 0. The lowest BCUT2D eigenvalue weighted by molar-refractivity contribution is -0.384. The van der Waals surface area contributed by atoms with Gasteiger partial charge in [-0.05, 0) is 18.9 Å². The summed E-state index contributed by atoms with van der Waals surface area (Å²) in [6.07, 6.45) is 4.89. The normalized spacial score (nSPS) is 15.1. The van der Waals surface area contributed by atoms with E-state index >= 15 is 0 Å². The summed E-state index contributed by atoms with van der Waals surface area (Å²) in [5.74, 6) is -0.357. The van der Waals surface area contributed by atoms with Crippen LogP contribution >= 0.6 is 11.6 Å². The second-order valence-corrected chi connectivity index (χ2v) is 5.36. The summed E-state index contributed by atoms with van der Waals surface area (Å²) in [4.78, 5) is 22.0. The predicted molar refractivity (Wildman–Crippen MR) is 78.6 cm³/mol. The van der Waals surface area contributed by atoms with Crippen LogP contribution in [0.5, 0.6) is 0 Å². The molecule has 0 atom stereocenters. The van der Waals surface area contributed by atoms with Crippen LogP contribution in [-0.4, -0.2) is 30.1 Å². The smallest absolute Gasteiger partial charge is 0.270 e. The molecule has 2 rings (SSSR count). The zero-order chi connectivity index (χ0) is 15.2. The van der Waals surface area contributed by atoms with Gasteiger partial charge in [0.05, 0.1) is 28.2 Å². The zero-order valence-electron chi connectivity index (χ0n) is 11.5. The SMILES string of the molecule is O=C(NCCOC1CCCC1)c1ccc([N+](=O)[O-])cc1Cl. The molecular formula is C14H17ClN2O4. The fourth-order valence-electron chi connectivity index (χ4n) is 2.34. The number of nitro benzene ring substituents is 1. The van der Waals surface area contributed by atoms with Crippen molar-refractivity contribution < 1.29 is 14.5 Å². The van der Waals surface area contributed by atoms with E-state index in [0.717, 1.165) is 12.8 Å². The van der Waals surface area contributed by atoms with Crippen LogP contribution < -0.4 is 5.32 Å². The highest BCUT2D eigenvalue weighted by molar-refractivity contribution is 6.34. The third-order valence-electron chi connectivity index (χ3n) is 3.45. The van der Waals surface area contributed by atoms with Crippen LogP contribution in [0.15, 0.2) is 18.2 Å². The first-order valence-electron chi connectivity index (χ1n) is 6.91. The maximum Gasteiger partial charge on any atom is 0.270 e. The van der Waals surface area contributed by atoms with Gasteiger partial charge < -0.3 is 10.1 Å². The molecule has 114 valence electrons. The van der Waals surface area contributed by atoms with E-state index in [1.54, 1.807) is 0 Å². The molecule has 0 unspecified atom stereocenters. The summed E-state index contributed by atoms with van der Waals surface area (Å²) >= 11 is 5.89. The number of amides is 1. The Morgan fingerprint density at radius 3 is 2.76 bits per heavy atom. The molecule has 0 saturated heterocycles. The number of nitrogens with zero attached hydrogens (tertiary/aromatic N) is 1. The molecule has 0 bridgehead atoms. The number of rotatable bonds is 6. The number of nitro groups is 1. The molecule has 0 aliphatic heterocycles. The molecule has 1 aromatic carbocycles. The molecule has 1 fully saturated rings. The highest BCUT2D eigenvalue weighted by Gasteiger charge is 2.16. The van der Waals surface area contributed by atoms with Gasteiger partial charge in [-0.15, -0.1) is 0 Å². The monoisotopic (exact) mass is 312 g/mol. The Morgan fingerprint density at radius 1 is 1.43 bits per heavy atom. The number of non-ortho nitro benzene ring substituents is 1. The van der Waals surface area contributed by atoms with Crippen molar-refractivity contribution in [1.29, 1.82) is 0 Å². The first-order valence-corrected chi connectivity index (χ1v) is 7.29. The fraction of sp³-hybridized carbons (Fsp3) is 0.500. The van der Waals surface area contributed by atoms with E-state index in [0.29, 0.717) is 19.3 Å². The van der Waals surface area contributed by atoms with Crippen LogP contribution in [0.2, 0.25) is 5.02 Å². The molecule has 1 saturated carbocycles. The van der Waals surface area contributed by atoms with Gasteiger partial charge in [-0.2, -0.15) is 0 Å². The molecule has 0 radical (unpaired) electrons. The first kappa shape index (κ1) is 15.7. The number of ether oxygens (including phenoxy) is 1. The Kier molecular flexibility index (Phi) is 5.52. The number of carbonyl (C=O) groups is 1. The number of halogens is 1. The lowest BCUT2D eigenvalue weighted by Gasteiger charge is -2.11. The summed E-state index contributed by atoms with van der Waals surface area (Å²) < 4.78 is 5.63. The van der Waals surface area contributed by atoms with Gasteiger partial charge in [-0.1, -0.05) is 24.4 Å². The van der Waals surface area contributed by atoms with E-state index in [1.807, 2.05) is 0 Å². The second kappa shape index (κ2) is 7.38. The number of hydrogen-bond acceptors (Lipinski definition) is 4. The van der Waals surface area contributed by atoms with Crippen molar-refractivity contribution in [3.63, 3.8) is 0 Å². The van der Waals surface area contributed by atoms with Crippen LogP contribution in [-0.2, 0) is 4.74 Å². The standard InChI is InChI=1S/C14H17ClN2O4/c15-13-9-10(17(19)20)5-6-12(13)14(18)16-7-8-21-11-3-1-2-4-11/h5-6,9,11H,1-4,7-8H2,(H,16,18).